The molecule has 3 N–H and O–H groups in total. The average molecular weight is 463 g/mol. The van der Waals surface area contributed by atoms with Gasteiger partial charge in [-0.05, 0) is 68.2 Å². The van der Waals surface area contributed by atoms with E-state index in [0.29, 0.717) is 28.1 Å². The van der Waals surface area contributed by atoms with Crippen LogP contribution in [0.4, 0.5) is 14.6 Å². The Labute approximate surface area is 194 Å². The van der Waals surface area contributed by atoms with Crippen molar-refractivity contribution in [1.29, 1.82) is 0 Å². The molecule has 0 saturated heterocycles. The van der Waals surface area contributed by atoms with Gasteiger partial charge in [-0.2, -0.15) is 0 Å². The molecule has 3 aliphatic carbocycles. The maximum absolute atomic E-state index is 14.3. The smallest absolute Gasteiger partial charge is 0.308 e. The molecule has 174 valence electrons. The minimum absolute atomic E-state index is 0.161. The summed E-state index contributed by atoms with van der Waals surface area (Å²) in [5.74, 6) is -1.30. The Morgan fingerprint density at radius 2 is 1.82 bits per heavy atom. The lowest BCUT2D eigenvalue weighted by atomic mass is 9.61. The zero-order chi connectivity index (χ0) is 23.6. The van der Waals surface area contributed by atoms with Gasteiger partial charge in [0, 0.05) is 34.6 Å². The van der Waals surface area contributed by atoms with Gasteiger partial charge in [-0.3, -0.25) is 4.79 Å². The molecule has 0 aliphatic heterocycles. The van der Waals surface area contributed by atoms with Gasteiger partial charge in [-0.1, -0.05) is 6.07 Å². The predicted molar refractivity (Wildman–Crippen MR) is 125 cm³/mol. The molecule has 0 radical (unpaired) electrons. The van der Waals surface area contributed by atoms with Gasteiger partial charge in [0.05, 0.1) is 17.0 Å². The van der Waals surface area contributed by atoms with Gasteiger partial charge in [-0.15, -0.1) is 0 Å². The first-order valence-corrected chi connectivity index (χ1v) is 11.6. The number of carbonyl (C=O) groups is 1. The van der Waals surface area contributed by atoms with E-state index in [-0.39, 0.29) is 23.4 Å². The molecule has 2 bridgehead atoms. The quantitative estimate of drug-likeness (QED) is 0.364. The number of halogens is 2. The number of aromatic amines is 1. The van der Waals surface area contributed by atoms with Gasteiger partial charge in [0.2, 0.25) is 0 Å². The molecule has 2 atom stereocenters. The molecule has 3 aliphatic rings. The highest BCUT2D eigenvalue weighted by molar-refractivity contribution is 5.97. The van der Waals surface area contributed by atoms with Crippen molar-refractivity contribution in [3.8, 4) is 11.4 Å². The van der Waals surface area contributed by atoms with E-state index in [1.54, 1.807) is 6.20 Å². The maximum atomic E-state index is 14.3. The number of rotatable bonds is 4. The molecule has 0 spiro atoms. The number of nitrogens with zero attached hydrogens (tertiary/aromatic N) is 2. The summed E-state index contributed by atoms with van der Waals surface area (Å²) in [6, 6.07) is 7.71. The zero-order valence-electron chi connectivity index (χ0n) is 18.6. The van der Waals surface area contributed by atoms with Crippen molar-refractivity contribution in [2.75, 3.05) is 5.32 Å². The number of H-pyrrole nitrogens is 1. The van der Waals surface area contributed by atoms with Crippen LogP contribution in [-0.2, 0) is 4.79 Å². The summed E-state index contributed by atoms with van der Waals surface area (Å²) >= 11 is 0. The minimum atomic E-state index is -0.774. The molecule has 4 aromatic rings. The lowest BCUT2D eigenvalue weighted by molar-refractivity contribution is -0.148. The largest absolute Gasteiger partial charge is 0.481 e. The summed E-state index contributed by atoms with van der Waals surface area (Å²) in [5, 5.41) is 14.6. The van der Waals surface area contributed by atoms with Crippen molar-refractivity contribution < 1.29 is 18.7 Å². The van der Waals surface area contributed by atoms with E-state index in [9.17, 15) is 18.7 Å². The molecule has 2 aromatic heterocycles. The number of benzene rings is 2. The molecular weight excluding hydrogens is 438 g/mol. The van der Waals surface area contributed by atoms with E-state index in [4.69, 9.17) is 9.97 Å². The molecule has 0 unspecified atom stereocenters. The van der Waals surface area contributed by atoms with Crippen LogP contribution in [0.15, 0.2) is 36.5 Å². The Morgan fingerprint density at radius 1 is 1.06 bits per heavy atom. The number of fused-ring (bicyclic) bond motifs is 5. The lowest BCUT2D eigenvalue weighted by Gasteiger charge is -2.47. The third-order valence-electron chi connectivity index (χ3n) is 7.61. The second-order valence-electron chi connectivity index (χ2n) is 9.64. The fourth-order valence-electron chi connectivity index (χ4n) is 5.98. The van der Waals surface area contributed by atoms with Gasteiger partial charge in [0.25, 0.3) is 0 Å². The molecule has 34 heavy (non-hydrogen) atoms. The third-order valence-corrected chi connectivity index (χ3v) is 7.61. The summed E-state index contributed by atoms with van der Waals surface area (Å²) in [6.45, 7) is 1.96. The SMILES string of the molecule is Cc1ccc2c(N[C@@H]3C4CCC(CC4)[C@H]3C(=O)O)nc(-c3c[nH]c4c(F)cc(F)cc34)nc2c1. The fourth-order valence-corrected chi connectivity index (χ4v) is 5.98. The Kier molecular flexibility index (Phi) is 4.79. The van der Waals surface area contributed by atoms with Crippen LogP contribution in [0.3, 0.4) is 0 Å². The van der Waals surface area contributed by atoms with Crippen molar-refractivity contribution in [2.24, 2.45) is 17.8 Å². The summed E-state index contributed by atoms with van der Waals surface area (Å²) in [4.78, 5) is 24.5. The van der Waals surface area contributed by atoms with Crippen molar-refractivity contribution in [1.82, 2.24) is 15.0 Å². The van der Waals surface area contributed by atoms with Crippen molar-refractivity contribution in [2.45, 2.75) is 38.6 Å². The van der Waals surface area contributed by atoms with Crippen LogP contribution in [-0.4, -0.2) is 32.1 Å². The summed E-state index contributed by atoms with van der Waals surface area (Å²) in [7, 11) is 0. The number of nitrogens with one attached hydrogen (secondary N) is 2. The highest BCUT2D eigenvalue weighted by Gasteiger charge is 2.47. The number of carboxylic acid groups (broad SMARTS) is 1. The number of aliphatic carboxylic acids is 1. The monoisotopic (exact) mass is 462 g/mol. The molecule has 3 fully saturated rings. The summed E-state index contributed by atoms with van der Waals surface area (Å²) < 4.78 is 28.3. The van der Waals surface area contributed by atoms with E-state index >= 15 is 0 Å². The van der Waals surface area contributed by atoms with Crippen molar-refractivity contribution in [3.63, 3.8) is 0 Å². The molecule has 0 amide bonds. The van der Waals surface area contributed by atoms with Gasteiger partial charge in [0.1, 0.15) is 17.5 Å². The minimum Gasteiger partial charge on any atom is -0.481 e. The van der Waals surface area contributed by atoms with Crippen LogP contribution in [0.25, 0.3) is 33.2 Å². The predicted octanol–water partition coefficient (Wildman–Crippen LogP) is 5.67. The van der Waals surface area contributed by atoms with Gasteiger partial charge in [0.15, 0.2) is 5.82 Å². The van der Waals surface area contributed by atoms with E-state index < -0.39 is 23.5 Å². The zero-order valence-corrected chi connectivity index (χ0v) is 18.6. The average Bonchev–Trinajstić information content (AvgIpc) is 3.23. The van der Waals surface area contributed by atoms with Crippen LogP contribution in [0.2, 0.25) is 0 Å². The Morgan fingerprint density at radius 3 is 2.59 bits per heavy atom. The van der Waals surface area contributed by atoms with E-state index in [1.807, 2.05) is 25.1 Å². The molecule has 6 nitrogen and oxygen atoms in total. The summed E-state index contributed by atoms with van der Waals surface area (Å²) in [5.41, 5.74) is 2.38. The van der Waals surface area contributed by atoms with Crippen LogP contribution >= 0.6 is 0 Å². The fraction of sp³-hybridized carbons (Fsp3) is 0.346. The van der Waals surface area contributed by atoms with Crippen LogP contribution in [0.1, 0.15) is 31.2 Å². The van der Waals surface area contributed by atoms with Crippen LogP contribution < -0.4 is 5.32 Å². The Bertz CT molecular complexity index is 1440. The molecule has 2 heterocycles. The second-order valence-corrected chi connectivity index (χ2v) is 9.64. The number of aromatic nitrogens is 3. The third kappa shape index (κ3) is 3.31. The van der Waals surface area contributed by atoms with E-state index in [0.717, 1.165) is 42.7 Å². The maximum Gasteiger partial charge on any atom is 0.308 e. The second kappa shape index (κ2) is 7.75. The van der Waals surface area contributed by atoms with Gasteiger partial charge >= 0.3 is 5.97 Å². The molecule has 8 heteroatoms. The summed E-state index contributed by atoms with van der Waals surface area (Å²) in [6.07, 6.45) is 5.48. The van der Waals surface area contributed by atoms with Crippen molar-refractivity contribution >= 4 is 33.6 Å². The lowest BCUT2D eigenvalue weighted by Crippen LogP contribution is -2.51. The first-order chi connectivity index (χ1) is 16.4. The number of hydrogen-bond acceptors (Lipinski definition) is 4. The number of hydrogen-bond donors (Lipinski definition) is 3. The molecule has 2 aromatic carbocycles. The Balaban J connectivity index is 1.51. The topological polar surface area (TPSA) is 90.9 Å². The molecule has 7 rings (SSSR count). The number of anilines is 1. The number of carboxylic acids is 1. The highest BCUT2D eigenvalue weighted by atomic mass is 19.1. The number of aryl methyl sites for hydroxylation is 1. The van der Waals surface area contributed by atoms with Crippen molar-refractivity contribution in [3.05, 3.63) is 53.7 Å². The normalized spacial score (nSPS) is 24.1. The van der Waals surface area contributed by atoms with Crippen LogP contribution in [0.5, 0.6) is 0 Å². The Hall–Kier alpha value is -3.55. The van der Waals surface area contributed by atoms with Crippen LogP contribution in [0, 0.1) is 36.3 Å². The highest BCUT2D eigenvalue weighted by Crippen LogP contribution is 2.46. The first kappa shape index (κ1) is 21.0. The molecule has 3 saturated carbocycles. The van der Waals surface area contributed by atoms with E-state index in [2.05, 4.69) is 10.3 Å². The standard InChI is InChI=1S/C26H24F2N4O2/c1-12-2-7-16-20(8-12)30-25(18-11-29-23-17(18)9-15(27)10-19(23)28)32-24(16)31-22-14-5-3-13(4-6-14)21(22)26(33)34/h2,7-11,13-14,21-22,29H,3-6H2,1H3,(H,33,34)(H,30,31,32)/t13?,14?,21-,22-/m1/s1. The van der Waals surface area contributed by atoms with Gasteiger partial charge in [-0.25, -0.2) is 18.7 Å². The first-order valence-electron chi connectivity index (χ1n) is 11.6. The van der Waals surface area contributed by atoms with Gasteiger partial charge < -0.3 is 15.4 Å². The molecular formula is C26H24F2N4O2. The van der Waals surface area contributed by atoms with E-state index in [1.165, 1.54) is 6.07 Å².